The number of thiazole rings is 1. The third kappa shape index (κ3) is 2.12. The molecule has 2 aromatic heterocycles. The van der Waals surface area contributed by atoms with Crippen molar-refractivity contribution in [3.63, 3.8) is 0 Å². The van der Waals surface area contributed by atoms with Gasteiger partial charge in [0, 0.05) is 5.56 Å². The molecule has 0 fully saturated rings. The van der Waals surface area contributed by atoms with Crippen LogP contribution >= 0.6 is 11.3 Å². The number of nitrogens with one attached hydrogen (secondary N) is 1. The minimum Gasteiger partial charge on any atom is -0.459 e. The molecule has 7 heteroatoms. The Labute approximate surface area is 112 Å². The second kappa shape index (κ2) is 4.51. The number of furan rings is 1. The van der Waals surface area contributed by atoms with Crippen LogP contribution in [0, 0.1) is 0 Å². The fraction of sp³-hybridized carbons (Fsp3) is 0.250. The first kappa shape index (κ1) is 11.9. The highest BCUT2D eigenvalue weighted by atomic mass is 32.1. The number of carbonyl (C=O) groups is 2. The van der Waals surface area contributed by atoms with Crippen LogP contribution in [0.2, 0.25) is 0 Å². The van der Waals surface area contributed by atoms with Crippen LogP contribution in [0.15, 0.2) is 16.9 Å². The summed E-state index contributed by atoms with van der Waals surface area (Å²) in [4.78, 5) is 26.8. The van der Waals surface area contributed by atoms with E-state index in [1.807, 2.05) is 0 Å². The van der Waals surface area contributed by atoms with E-state index in [0.29, 0.717) is 10.8 Å². The molecule has 0 aliphatic heterocycles. The monoisotopic (exact) mass is 277 g/mol. The molecular formula is C12H11N3O3S. The number of aromatic nitrogens is 1. The first-order chi connectivity index (χ1) is 9.15. The molecule has 0 bridgehead atoms. The fourth-order valence-electron chi connectivity index (χ4n) is 2.16. The van der Waals surface area contributed by atoms with E-state index >= 15 is 0 Å². The largest absolute Gasteiger partial charge is 0.459 e. The highest BCUT2D eigenvalue weighted by Crippen LogP contribution is 2.28. The number of amides is 2. The van der Waals surface area contributed by atoms with E-state index in [4.69, 9.17) is 10.2 Å². The van der Waals surface area contributed by atoms with Gasteiger partial charge >= 0.3 is 0 Å². The van der Waals surface area contributed by atoms with Gasteiger partial charge in [-0.15, -0.1) is 0 Å². The average molecular weight is 277 g/mol. The summed E-state index contributed by atoms with van der Waals surface area (Å²) in [6.07, 6.45) is 5.92. The second-order valence-electron chi connectivity index (χ2n) is 4.27. The van der Waals surface area contributed by atoms with Gasteiger partial charge in [-0.2, -0.15) is 0 Å². The Morgan fingerprint density at radius 2 is 2.26 bits per heavy atom. The first-order valence-electron chi connectivity index (χ1n) is 5.81. The van der Waals surface area contributed by atoms with Gasteiger partial charge < -0.3 is 15.5 Å². The molecule has 0 saturated carbocycles. The van der Waals surface area contributed by atoms with Gasteiger partial charge in [-0.25, -0.2) is 4.98 Å². The maximum Gasteiger partial charge on any atom is 0.292 e. The van der Waals surface area contributed by atoms with Crippen LogP contribution in [-0.4, -0.2) is 16.8 Å². The predicted molar refractivity (Wildman–Crippen MR) is 69.3 cm³/mol. The zero-order valence-corrected chi connectivity index (χ0v) is 10.8. The van der Waals surface area contributed by atoms with Crippen LogP contribution in [0.1, 0.15) is 37.9 Å². The highest BCUT2D eigenvalue weighted by Gasteiger charge is 2.24. The van der Waals surface area contributed by atoms with E-state index < -0.39 is 5.91 Å². The number of primary amides is 1. The normalized spacial score (nSPS) is 13.3. The fourth-order valence-corrected chi connectivity index (χ4v) is 2.83. The molecule has 2 heterocycles. The zero-order chi connectivity index (χ0) is 13.4. The van der Waals surface area contributed by atoms with Gasteiger partial charge in [0.25, 0.3) is 11.8 Å². The lowest BCUT2D eigenvalue weighted by Gasteiger charge is -2.00. The number of hydrogen-bond donors (Lipinski definition) is 2. The molecule has 19 heavy (non-hydrogen) atoms. The number of aryl methyl sites for hydroxylation is 1. The Hall–Kier alpha value is -2.15. The van der Waals surface area contributed by atoms with E-state index in [2.05, 4.69) is 10.3 Å². The Morgan fingerprint density at radius 1 is 1.42 bits per heavy atom. The number of hydrogen-bond acceptors (Lipinski definition) is 5. The van der Waals surface area contributed by atoms with Gasteiger partial charge in [-0.3, -0.25) is 9.59 Å². The van der Waals surface area contributed by atoms with E-state index in [1.165, 1.54) is 6.20 Å². The number of anilines is 1. The standard InChI is InChI=1S/C12H11N3O3S/c13-10(16)12-14-4-8(19-12)15-11(17)9-7-3-1-2-6(7)5-18-9/h4-5H,1-3H2,(H2,13,16)(H,15,17). The Bertz CT molecular complexity index is 659. The second-order valence-corrected chi connectivity index (χ2v) is 5.30. The third-order valence-electron chi connectivity index (χ3n) is 3.01. The molecule has 1 aliphatic rings. The Balaban J connectivity index is 1.79. The van der Waals surface area contributed by atoms with Crippen molar-refractivity contribution in [2.24, 2.45) is 5.73 Å². The van der Waals surface area contributed by atoms with Crippen molar-refractivity contribution in [3.05, 3.63) is 34.4 Å². The Morgan fingerprint density at radius 3 is 3.00 bits per heavy atom. The molecule has 2 amide bonds. The zero-order valence-electron chi connectivity index (χ0n) is 9.93. The summed E-state index contributed by atoms with van der Waals surface area (Å²) in [5.74, 6) is -0.575. The van der Waals surface area contributed by atoms with Gasteiger partial charge in [0.2, 0.25) is 0 Å². The number of fused-ring (bicyclic) bond motifs is 1. The summed E-state index contributed by atoms with van der Waals surface area (Å²) in [6, 6.07) is 0. The minimum atomic E-state index is -0.607. The SMILES string of the molecule is NC(=O)c1ncc(NC(=O)c2occ3c2CCC3)s1. The lowest BCUT2D eigenvalue weighted by molar-refractivity contribution is 0.0989. The lowest BCUT2D eigenvalue weighted by Crippen LogP contribution is -2.12. The van der Waals surface area contributed by atoms with E-state index in [0.717, 1.165) is 41.7 Å². The number of nitrogens with zero attached hydrogens (tertiary/aromatic N) is 1. The van der Waals surface area contributed by atoms with Gasteiger partial charge in [0.1, 0.15) is 5.00 Å². The van der Waals surface area contributed by atoms with Crippen LogP contribution < -0.4 is 11.1 Å². The van der Waals surface area contributed by atoms with Crippen molar-refractivity contribution >= 4 is 28.2 Å². The molecule has 0 atom stereocenters. The molecule has 0 unspecified atom stereocenters. The van der Waals surface area contributed by atoms with Gasteiger partial charge in [0.05, 0.1) is 12.5 Å². The maximum absolute atomic E-state index is 12.1. The third-order valence-corrected chi connectivity index (χ3v) is 3.94. The maximum atomic E-state index is 12.1. The van der Waals surface area contributed by atoms with Crippen LogP contribution in [0.25, 0.3) is 0 Å². The summed E-state index contributed by atoms with van der Waals surface area (Å²) in [6.45, 7) is 0. The molecule has 0 saturated heterocycles. The first-order valence-corrected chi connectivity index (χ1v) is 6.63. The van der Waals surface area contributed by atoms with Crippen molar-refractivity contribution in [2.45, 2.75) is 19.3 Å². The molecule has 0 aromatic carbocycles. The summed E-state index contributed by atoms with van der Waals surface area (Å²) in [5, 5.41) is 3.31. The highest BCUT2D eigenvalue weighted by molar-refractivity contribution is 7.17. The molecule has 0 radical (unpaired) electrons. The molecule has 1 aliphatic carbocycles. The lowest BCUT2D eigenvalue weighted by atomic mass is 10.2. The minimum absolute atomic E-state index is 0.167. The van der Waals surface area contributed by atoms with Crippen LogP contribution in [0.3, 0.4) is 0 Å². The van der Waals surface area contributed by atoms with Crippen LogP contribution in [-0.2, 0) is 12.8 Å². The average Bonchev–Trinajstić information content (AvgIpc) is 3.03. The molecule has 2 aromatic rings. The topological polar surface area (TPSA) is 98.2 Å². The quantitative estimate of drug-likeness (QED) is 0.889. The summed E-state index contributed by atoms with van der Waals surface area (Å²) in [7, 11) is 0. The summed E-state index contributed by atoms with van der Waals surface area (Å²) in [5.41, 5.74) is 7.19. The van der Waals surface area contributed by atoms with Gasteiger partial charge in [-0.05, 0) is 24.8 Å². The Kier molecular flexibility index (Phi) is 2.83. The number of nitrogens with two attached hydrogens (primary N) is 1. The molecular weight excluding hydrogens is 266 g/mol. The molecule has 98 valence electrons. The van der Waals surface area contributed by atoms with Crippen molar-refractivity contribution in [1.29, 1.82) is 0 Å². The predicted octanol–water partition coefficient (Wildman–Crippen LogP) is 1.58. The van der Waals surface area contributed by atoms with Crippen LogP contribution in [0.4, 0.5) is 5.00 Å². The molecule has 0 spiro atoms. The summed E-state index contributed by atoms with van der Waals surface area (Å²) < 4.78 is 5.31. The van der Waals surface area contributed by atoms with E-state index in [1.54, 1.807) is 6.26 Å². The summed E-state index contributed by atoms with van der Waals surface area (Å²) >= 11 is 1.04. The smallest absolute Gasteiger partial charge is 0.292 e. The van der Waals surface area contributed by atoms with E-state index in [9.17, 15) is 9.59 Å². The van der Waals surface area contributed by atoms with E-state index in [-0.39, 0.29) is 10.9 Å². The molecule has 3 N–H and O–H groups in total. The molecule has 3 rings (SSSR count). The van der Waals surface area contributed by atoms with Crippen molar-refractivity contribution in [2.75, 3.05) is 5.32 Å². The number of carbonyl (C=O) groups excluding carboxylic acids is 2. The van der Waals surface area contributed by atoms with Crippen molar-refractivity contribution < 1.29 is 14.0 Å². The van der Waals surface area contributed by atoms with Crippen LogP contribution in [0.5, 0.6) is 0 Å². The van der Waals surface area contributed by atoms with Gasteiger partial charge in [-0.1, -0.05) is 11.3 Å². The number of rotatable bonds is 3. The van der Waals surface area contributed by atoms with Crippen molar-refractivity contribution in [3.8, 4) is 0 Å². The molecule has 6 nitrogen and oxygen atoms in total. The van der Waals surface area contributed by atoms with Gasteiger partial charge in [0.15, 0.2) is 10.8 Å². The van der Waals surface area contributed by atoms with Crippen molar-refractivity contribution in [1.82, 2.24) is 4.98 Å².